The van der Waals surface area contributed by atoms with E-state index in [9.17, 15) is 5.11 Å². The summed E-state index contributed by atoms with van der Waals surface area (Å²) in [7, 11) is 1.25. The lowest BCUT2D eigenvalue weighted by molar-refractivity contribution is 0.249. The van der Waals surface area contributed by atoms with Crippen molar-refractivity contribution in [3.05, 3.63) is 0 Å². The van der Waals surface area contributed by atoms with Gasteiger partial charge in [0.25, 0.3) is 0 Å². The zero-order valence-corrected chi connectivity index (χ0v) is 11.0. The molecule has 0 spiro atoms. The molecule has 86 valence electrons. The Morgan fingerprint density at radius 3 is 2.00 bits per heavy atom. The summed E-state index contributed by atoms with van der Waals surface area (Å²) >= 11 is 3.96. The average molecular weight is 236 g/mol. The molecule has 0 aliphatic carbocycles. The normalized spacial score (nSPS) is 13.1. The second-order valence-electron chi connectivity index (χ2n) is 3.82. The first-order valence-corrected chi connectivity index (χ1v) is 7.72. The van der Waals surface area contributed by atoms with Gasteiger partial charge >= 0.3 is 0 Å². The lowest BCUT2D eigenvalue weighted by atomic mass is 10.1. The van der Waals surface area contributed by atoms with Crippen molar-refractivity contribution in [3.8, 4) is 0 Å². The van der Waals surface area contributed by atoms with Crippen LogP contribution in [0.25, 0.3) is 0 Å². The van der Waals surface area contributed by atoms with Crippen LogP contribution in [0.5, 0.6) is 0 Å². The third kappa shape index (κ3) is 10.7. The molecule has 0 amide bonds. The van der Waals surface area contributed by atoms with E-state index < -0.39 is 0 Å². The Morgan fingerprint density at radius 1 is 1.00 bits per heavy atom. The van der Waals surface area contributed by atoms with E-state index in [4.69, 9.17) is 0 Å². The van der Waals surface area contributed by atoms with Gasteiger partial charge in [0.05, 0.1) is 0 Å². The fraction of sp³-hybridized carbons (Fsp3) is 1.00. The number of rotatable bonds is 10. The van der Waals surface area contributed by atoms with E-state index in [0.29, 0.717) is 0 Å². The molecule has 0 bridgehead atoms. The van der Waals surface area contributed by atoms with E-state index in [2.05, 4.69) is 18.6 Å². The van der Waals surface area contributed by atoms with Gasteiger partial charge in [0.1, 0.15) is 5.44 Å². The van der Waals surface area contributed by atoms with Crippen LogP contribution in [0.2, 0.25) is 0 Å². The van der Waals surface area contributed by atoms with Crippen LogP contribution in [-0.4, -0.2) is 10.5 Å². The molecular formula is C11H24OS2. The van der Waals surface area contributed by atoms with Gasteiger partial charge in [-0.1, -0.05) is 62.7 Å². The number of hydrogen-bond acceptors (Lipinski definition) is 3. The van der Waals surface area contributed by atoms with Crippen LogP contribution in [0.3, 0.4) is 0 Å². The summed E-state index contributed by atoms with van der Waals surface area (Å²) in [5.41, 5.74) is -0.265. The molecule has 0 radical (unpaired) electrons. The molecule has 1 N–H and O–H groups in total. The molecule has 0 aliphatic rings. The fourth-order valence-electron chi connectivity index (χ4n) is 1.51. The summed E-state index contributed by atoms with van der Waals surface area (Å²) in [6.07, 6.45) is 11.5. The molecule has 0 saturated carbocycles. The van der Waals surface area contributed by atoms with Gasteiger partial charge in [0, 0.05) is 0 Å². The van der Waals surface area contributed by atoms with Gasteiger partial charge in [-0.15, -0.1) is 11.7 Å². The van der Waals surface area contributed by atoms with Crippen LogP contribution in [-0.2, 0) is 0 Å². The molecule has 0 aromatic carbocycles. The van der Waals surface area contributed by atoms with Crippen molar-refractivity contribution in [2.75, 3.05) is 0 Å². The van der Waals surface area contributed by atoms with Gasteiger partial charge < -0.3 is 5.11 Å². The smallest absolute Gasteiger partial charge is 0.109 e. The van der Waals surface area contributed by atoms with Crippen molar-refractivity contribution < 1.29 is 5.11 Å². The van der Waals surface area contributed by atoms with Crippen molar-refractivity contribution in [2.45, 2.75) is 70.1 Å². The molecule has 0 aromatic heterocycles. The van der Waals surface area contributed by atoms with Gasteiger partial charge in [0.2, 0.25) is 0 Å². The topological polar surface area (TPSA) is 20.2 Å². The van der Waals surface area contributed by atoms with Gasteiger partial charge in [-0.2, -0.15) is 0 Å². The number of aliphatic hydroxyl groups excluding tert-OH is 1. The van der Waals surface area contributed by atoms with E-state index in [1.807, 2.05) is 0 Å². The summed E-state index contributed by atoms with van der Waals surface area (Å²) in [5.74, 6) is 0. The first kappa shape index (κ1) is 14.7. The highest BCUT2D eigenvalue weighted by molar-refractivity contribution is 8.68. The number of unbranched alkanes of at least 4 members (excludes halogenated alkanes) is 7. The predicted octanol–water partition coefficient (Wildman–Crippen LogP) is 4.41. The third-order valence-electron chi connectivity index (χ3n) is 2.43. The summed E-state index contributed by atoms with van der Waals surface area (Å²) < 4.78 is 0. The van der Waals surface area contributed by atoms with E-state index in [1.165, 1.54) is 55.7 Å². The van der Waals surface area contributed by atoms with Gasteiger partial charge in [-0.05, 0) is 12.8 Å². The van der Waals surface area contributed by atoms with Crippen molar-refractivity contribution in [1.82, 2.24) is 0 Å². The maximum Gasteiger partial charge on any atom is 0.109 e. The van der Waals surface area contributed by atoms with Crippen LogP contribution in [0.15, 0.2) is 0 Å². The number of thiol groups is 1. The highest BCUT2D eigenvalue weighted by Crippen LogP contribution is 2.18. The van der Waals surface area contributed by atoms with Crippen LogP contribution >= 0.6 is 22.5 Å². The van der Waals surface area contributed by atoms with E-state index >= 15 is 0 Å². The summed E-state index contributed by atoms with van der Waals surface area (Å²) in [4.78, 5) is 0. The summed E-state index contributed by atoms with van der Waals surface area (Å²) in [6, 6.07) is 0. The minimum atomic E-state index is -0.265. The lowest BCUT2D eigenvalue weighted by Crippen LogP contribution is -1.97. The standard InChI is InChI=1S/C11H24OS2/c1-2-3-4-5-6-7-8-9-10-11(12)14-13/h11-13H,2-10H2,1H3. The lowest BCUT2D eigenvalue weighted by Gasteiger charge is -2.05. The quantitative estimate of drug-likeness (QED) is 0.253. The Bertz CT molecular complexity index is 109. The fourth-order valence-corrected chi connectivity index (χ4v) is 2.09. The molecule has 0 rings (SSSR count). The van der Waals surface area contributed by atoms with E-state index in [0.717, 1.165) is 12.8 Å². The molecule has 0 fully saturated rings. The van der Waals surface area contributed by atoms with Crippen LogP contribution in [0.1, 0.15) is 64.7 Å². The first-order valence-electron chi connectivity index (χ1n) is 5.79. The Hall–Kier alpha value is 0.660. The molecule has 3 heteroatoms. The summed E-state index contributed by atoms with van der Waals surface area (Å²) in [5, 5.41) is 9.22. The van der Waals surface area contributed by atoms with Crippen LogP contribution < -0.4 is 0 Å². The second kappa shape index (κ2) is 11.7. The number of hydrogen-bond donors (Lipinski definition) is 2. The molecular weight excluding hydrogens is 212 g/mol. The Kier molecular flexibility index (Phi) is 12.3. The second-order valence-corrected chi connectivity index (χ2v) is 5.21. The predicted molar refractivity (Wildman–Crippen MR) is 69.8 cm³/mol. The Morgan fingerprint density at radius 2 is 1.50 bits per heavy atom. The molecule has 0 heterocycles. The van der Waals surface area contributed by atoms with Crippen molar-refractivity contribution in [1.29, 1.82) is 0 Å². The van der Waals surface area contributed by atoms with E-state index in [1.54, 1.807) is 0 Å². The highest BCUT2D eigenvalue weighted by Gasteiger charge is 2.00. The Balaban J connectivity index is 2.92. The van der Waals surface area contributed by atoms with Crippen LogP contribution in [0.4, 0.5) is 0 Å². The molecule has 0 aliphatic heterocycles. The third-order valence-corrected chi connectivity index (χ3v) is 3.64. The zero-order chi connectivity index (χ0) is 10.6. The van der Waals surface area contributed by atoms with E-state index in [-0.39, 0.29) is 5.44 Å². The zero-order valence-electron chi connectivity index (χ0n) is 9.24. The molecule has 0 aromatic rings. The van der Waals surface area contributed by atoms with Gasteiger partial charge in [0.15, 0.2) is 0 Å². The SMILES string of the molecule is CCCCCCCCCCC(O)SS. The molecule has 1 atom stereocenters. The minimum Gasteiger partial charge on any atom is -0.382 e. The first-order chi connectivity index (χ1) is 6.81. The molecule has 14 heavy (non-hydrogen) atoms. The minimum absolute atomic E-state index is 0.265. The van der Waals surface area contributed by atoms with Crippen molar-refractivity contribution >= 4 is 22.5 Å². The van der Waals surface area contributed by atoms with Crippen molar-refractivity contribution in [3.63, 3.8) is 0 Å². The van der Waals surface area contributed by atoms with Gasteiger partial charge in [-0.3, -0.25) is 0 Å². The monoisotopic (exact) mass is 236 g/mol. The highest BCUT2D eigenvalue weighted by atomic mass is 33.1. The molecule has 1 unspecified atom stereocenters. The van der Waals surface area contributed by atoms with Crippen LogP contribution in [0, 0.1) is 0 Å². The molecule has 0 saturated heterocycles. The molecule has 1 nitrogen and oxygen atoms in total. The van der Waals surface area contributed by atoms with Crippen molar-refractivity contribution in [2.24, 2.45) is 0 Å². The average Bonchev–Trinajstić information content (AvgIpc) is 2.21. The maximum atomic E-state index is 9.22. The number of aliphatic hydroxyl groups is 1. The maximum absolute atomic E-state index is 9.22. The largest absolute Gasteiger partial charge is 0.382 e. The Labute approximate surface area is 97.9 Å². The summed E-state index contributed by atoms with van der Waals surface area (Å²) in [6.45, 7) is 2.25. The van der Waals surface area contributed by atoms with Gasteiger partial charge in [-0.25, -0.2) is 0 Å².